The zero-order chi connectivity index (χ0) is 18.7. The highest BCUT2D eigenvalue weighted by molar-refractivity contribution is 7.89. The Bertz CT molecular complexity index is 1030. The van der Waals surface area contributed by atoms with Gasteiger partial charge in [0.05, 0.1) is 21.7 Å². The van der Waals surface area contributed by atoms with Crippen molar-refractivity contribution >= 4 is 43.2 Å². The van der Waals surface area contributed by atoms with Crippen molar-refractivity contribution in [3.05, 3.63) is 53.0 Å². The van der Waals surface area contributed by atoms with Crippen LogP contribution in [0.15, 0.2) is 47.4 Å². The van der Waals surface area contributed by atoms with Crippen LogP contribution in [0.3, 0.4) is 0 Å². The van der Waals surface area contributed by atoms with E-state index in [1.807, 2.05) is 24.3 Å². The van der Waals surface area contributed by atoms with Crippen LogP contribution in [0.1, 0.15) is 10.6 Å². The standard InChI is InChI=1S/C17H17N3O4S2/c1-11-6-7-12(8-15(11)26(18,22)23)19-16(21)9-24-10-17-20-13-4-2-3-5-14(13)25-17/h2-8H,9-10H2,1H3,(H,19,21)(H2,18,22,23). The molecule has 0 aliphatic carbocycles. The Hall–Kier alpha value is -2.33. The number of nitrogens with zero attached hydrogens (tertiary/aromatic N) is 1. The Kier molecular flexibility index (Phi) is 5.33. The largest absolute Gasteiger partial charge is 0.364 e. The molecule has 0 spiro atoms. The molecule has 1 aromatic heterocycles. The van der Waals surface area contributed by atoms with Gasteiger partial charge >= 0.3 is 0 Å². The average molecular weight is 391 g/mol. The summed E-state index contributed by atoms with van der Waals surface area (Å²) in [6.07, 6.45) is 0. The van der Waals surface area contributed by atoms with Crippen LogP contribution < -0.4 is 10.5 Å². The molecule has 3 aromatic rings. The second-order valence-electron chi connectivity index (χ2n) is 5.64. The third-order valence-corrected chi connectivity index (χ3v) is 5.64. The van der Waals surface area contributed by atoms with Crippen LogP contribution in [0.2, 0.25) is 0 Å². The SMILES string of the molecule is Cc1ccc(NC(=O)COCc2nc3ccccc3s2)cc1S(N)(=O)=O. The van der Waals surface area contributed by atoms with Gasteiger partial charge in [-0.15, -0.1) is 11.3 Å². The number of sulfonamides is 1. The summed E-state index contributed by atoms with van der Waals surface area (Å²) in [4.78, 5) is 16.4. The van der Waals surface area contributed by atoms with E-state index in [0.29, 0.717) is 11.3 Å². The summed E-state index contributed by atoms with van der Waals surface area (Å²) < 4.78 is 29.5. The lowest BCUT2D eigenvalue weighted by Gasteiger charge is -2.09. The summed E-state index contributed by atoms with van der Waals surface area (Å²) in [5, 5.41) is 8.54. The van der Waals surface area contributed by atoms with Gasteiger partial charge in [-0.25, -0.2) is 18.5 Å². The predicted octanol–water partition coefficient (Wildman–Crippen LogP) is 2.41. The molecule has 0 fully saturated rings. The number of rotatable bonds is 6. The van der Waals surface area contributed by atoms with E-state index in [-0.39, 0.29) is 18.1 Å². The van der Waals surface area contributed by atoms with Gasteiger partial charge in [0.15, 0.2) is 0 Å². The van der Waals surface area contributed by atoms with Crippen molar-refractivity contribution < 1.29 is 17.9 Å². The molecule has 0 saturated heterocycles. The molecule has 3 rings (SSSR count). The van der Waals surface area contributed by atoms with E-state index in [2.05, 4.69) is 10.3 Å². The predicted molar refractivity (Wildman–Crippen MR) is 100 cm³/mol. The third-order valence-electron chi connectivity index (χ3n) is 3.58. The zero-order valence-electron chi connectivity index (χ0n) is 13.9. The van der Waals surface area contributed by atoms with Crippen molar-refractivity contribution in [1.82, 2.24) is 4.98 Å². The minimum atomic E-state index is -3.85. The number of aryl methyl sites for hydroxylation is 1. The number of carbonyl (C=O) groups is 1. The Morgan fingerprint density at radius 1 is 1.27 bits per heavy atom. The second-order valence-corrected chi connectivity index (χ2v) is 8.29. The second kappa shape index (κ2) is 7.50. The van der Waals surface area contributed by atoms with Crippen LogP contribution in [-0.4, -0.2) is 25.9 Å². The van der Waals surface area contributed by atoms with Gasteiger partial charge in [0.1, 0.15) is 11.6 Å². The van der Waals surface area contributed by atoms with Gasteiger partial charge in [-0.1, -0.05) is 18.2 Å². The quantitative estimate of drug-likeness (QED) is 0.670. The minimum Gasteiger partial charge on any atom is -0.364 e. The van der Waals surface area contributed by atoms with Crippen molar-refractivity contribution in [3.8, 4) is 0 Å². The lowest BCUT2D eigenvalue weighted by molar-refractivity contribution is -0.121. The van der Waals surface area contributed by atoms with Crippen LogP contribution in [0.25, 0.3) is 10.2 Å². The lowest BCUT2D eigenvalue weighted by atomic mass is 10.2. The Labute approximate surface area is 154 Å². The molecule has 1 amide bonds. The van der Waals surface area contributed by atoms with E-state index < -0.39 is 15.9 Å². The number of amides is 1. The van der Waals surface area contributed by atoms with Crippen LogP contribution in [0, 0.1) is 6.92 Å². The van der Waals surface area contributed by atoms with Crippen molar-refractivity contribution in [3.63, 3.8) is 0 Å². The minimum absolute atomic E-state index is 0.0225. The number of aromatic nitrogens is 1. The smallest absolute Gasteiger partial charge is 0.250 e. The molecule has 26 heavy (non-hydrogen) atoms. The molecule has 9 heteroatoms. The molecule has 7 nitrogen and oxygen atoms in total. The molecule has 2 aromatic carbocycles. The molecule has 0 atom stereocenters. The zero-order valence-corrected chi connectivity index (χ0v) is 15.6. The number of para-hydroxylation sites is 1. The van der Waals surface area contributed by atoms with Crippen molar-refractivity contribution in [2.45, 2.75) is 18.4 Å². The molecule has 0 saturated carbocycles. The number of fused-ring (bicyclic) bond motifs is 1. The summed E-state index contributed by atoms with van der Waals surface area (Å²) in [6.45, 7) is 1.68. The maximum absolute atomic E-state index is 12.0. The number of benzene rings is 2. The van der Waals surface area contributed by atoms with E-state index in [1.165, 1.54) is 17.4 Å². The van der Waals surface area contributed by atoms with Gasteiger partial charge in [0.25, 0.3) is 0 Å². The fourth-order valence-electron chi connectivity index (χ4n) is 2.39. The first-order valence-corrected chi connectivity index (χ1v) is 10.0. The molecule has 0 aliphatic heterocycles. The maximum Gasteiger partial charge on any atom is 0.250 e. The first kappa shape index (κ1) is 18.5. The van der Waals surface area contributed by atoms with Crippen molar-refractivity contribution in [1.29, 1.82) is 0 Å². The van der Waals surface area contributed by atoms with Crippen LogP contribution in [-0.2, 0) is 26.2 Å². The van der Waals surface area contributed by atoms with Gasteiger partial charge in [0, 0.05) is 5.69 Å². The van der Waals surface area contributed by atoms with Crippen molar-refractivity contribution in [2.24, 2.45) is 5.14 Å². The highest BCUT2D eigenvalue weighted by Crippen LogP contribution is 2.22. The highest BCUT2D eigenvalue weighted by atomic mass is 32.2. The van der Waals surface area contributed by atoms with E-state index in [1.54, 1.807) is 19.1 Å². The fourth-order valence-corrected chi connectivity index (χ4v) is 4.11. The number of primary sulfonamides is 1. The van der Waals surface area contributed by atoms with E-state index in [0.717, 1.165) is 15.2 Å². The lowest BCUT2D eigenvalue weighted by Crippen LogP contribution is -2.19. The monoisotopic (exact) mass is 391 g/mol. The van der Waals surface area contributed by atoms with Crippen molar-refractivity contribution in [2.75, 3.05) is 11.9 Å². The molecular formula is C17H17N3O4S2. The van der Waals surface area contributed by atoms with Gasteiger partial charge in [0.2, 0.25) is 15.9 Å². The first-order valence-electron chi connectivity index (χ1n) is 7.68. The number of hydrogen-bond donors (Lipinski definition) is 2. The summed E-state index contributed by atoms with van der Waals surface area (Å²) in [5.74, 6) is -0.393. The Morgan fingerprint density at radius 2 is 2.04 bits per heavy atom. The molecule has 0 aliphatic rings. The number of ether oxygens (including phenoxy) is 1. The van der Waals surface area contributed by atoms with Crippen LogP contribution in [0.4, 0.5) is 5.69 Å². The molecule has 0 unspecified atom stereocenters. The average Bonchev–Trinajstić information content (AvgIpc) is 2.98. The number of hydrogen-bond acceptors (Lipinski definition) is 6. The normalized spacial score (nSPS) is 11.6. The van der Waals surface area contributed by atoms with E-state index in [9.17, 15) is 13.2 Å². The number of anilines is 1. The Morgan fingerprint density at radius 3 is 2.77 bits per heavy atom. The third kappa shape index (κ3) is 4.44. The molecule has 3 N–H and O–H groups in total. The molecule has 1 heterocycles. The summed E-state index contributed by atoms with van der Waals surface area (Å²) in [5.41, 5.74) is 1.75. The van der Waals surface area contributed by atoms with E-state index >= 15 is 0 Å². The van der Waals surface area contributed by atoms with Gasteiger partial charge in [-0.3, -0.25) is 4.79 Å². The number of carbonyl (C=O) groups excluding carboxylic acids is 1. The summed E-state index contributed by atoms with van der Waals surface area (Å²) in [6, 6.07) is 12.3. The first-order chi connectivity index (χ1) is 12.3. The highest BCUT2D eigenvalue weighted by Gasteiger charge is 2.13. The molecule has 136 valence electrons. The number of nitrogens with two attached hydrogens (primary N) is 1. The molecular weight excluding hydrogens is 374 g/mol. The molecule has 0 bridgehead atoms. The summed E-state index contributed by atoms with van der Waals surface area (Å²) in [7, 11) is -3.85. The van der Waals surface area contributed by atoms with Crippen LogP contribution >= 0.6 is 11.3 Å². The van der Waals surface area contributed by atoms with Gasteiger partial charge < -0.3 is 10.1 Å². The molecule has 0 radical (unpaired) electrons. The number of nitrogens with one attached hydrogen (secondary N) is 1. The number of thiazole rings is 1. The van der Waals surface area contributed by atoms with Crippen LogP contribution in [0.5, 0.6) is 0 Å². The topological polar surface area (TPSA) is 111 Å². The summed E-state index contributed by atoms with van der Waals surface area (Å²) >= 11 is 1.51. The maximum atomic E-state index is 12.0. The Balaban J connectivity index is 1.57. The van der Waals surface area contributed by atoms with Gasteiger partial charge in [-0.2, -0.15) is 0 Å². The van der Waals surface area contributed by atoms with Gasteiger partial charge in [-0.05, 0) is 36.8 Å². The van der Waals surface area contributed by atoms with E-state index in [4.69, 9.17) is 9.88 Å². The fraction of sp³-hybridized carbons (Fsp3) is 0.176.